The van der Waals surface area contributed by atoms with Crippen molar-refractivity contribution in [2.24, 2.45) is 0 Å². The van der Waals surface area contributed by atoms with E-state index in [-0.39, 0.29) is 6.04 Å². The summed E-state index contributed by atoms with van der Waals surface area (Å²) in [4.78, 5) is 26.5. The number of rotatable bonds is 6. The second kappa shape index (κ2) is 9.42. The Labute approximate surface area is 144 Å². The van der Waals surface area contributed by atoms with Crippen LogP contribution < -0.4 is 10.6 Å². The highest BCUT2D eigenvalue weighted by atomic mass is 16.2. The van der Waals surface area contributed by atoms with Crippen molar-refractivity contribution < 1.29 is 9.59 Å². The number of hydrogen-bond donors (Lipinski definition) is 2. The molecule has 0 spiro atoms. The number of piperidine rings is 1. The van der Waals surface area contributed by atoms with Gasteiger partial charge in [0.1, 0.15) is 0 Å². The minimum Gasteiger partial charge on any atom is -0.345 e. The first-order valence-electron chi connectivity index (χ1n) is 9.05. The molecule has 24 heavy (non-hydrogen) atoms. The number of hydrogen-bond acceptors (Lipinski definition) is 3. The van der Waals surface area contributed by atoms with Crippen LogP contribution in [-0.2, 0) is 16.0 Å². The fourth-order valence-electron chi connectivity index (χ4n) is 2.95. The first kappa shape index (κ1) is 18.5. The Kier molecular flexibility index (Phi) is 7.25. The van der Waals surface area contributed by atoms with Crippen LogP contribution in [0, 0.1) is 0 Å². The third-order valence-corrected chi connectivity index (χ3v) is 4.58. The first-order chi connectivity index (χ1) is 11.6. The molecule has 0 aromatic heterocycles. The molecule has 1 fully saturated rings. The third kappa shape index (κ3) is 5.64. The van der Waals surface area contributed by atoms with E-state index in [2.05, 4.69) is 29.4 Å². The van der Waals surface area contributed by atoms with Gasteiger partial charge in [-0.15, -0.1) is 0 Å². The Morgan fingerprint density at radius 3 is 2.33 bits per heavy atom. The topological polar surface area (TPSA) is 61.4 Å². The lowest BCUT2D eigenvalue weighted by Gasteiger charge is -2.32. The van der Waals surface area contributed by atoms with E-state index >= 15 is 0 Å². The average Bonchev–Trinajstić information content (AvgIpc) is 2.61. The van der Waals surface area contributed by atoms with E-state index in [1.54, 1.807) is 0 Å². The molecule has 0 saturated carbocycles. The second-order valence-corrected chi connectivity index (χ2v) is 6.45. The summed E-state index contributed by atoms with van der Waals surface area (Å²) >= 11 is 0. The van der Waals surface area contributed by atoms with Gasteiger partial charge in [-0.1, -0.05) is 32.4 Å². The third-order valence-electron chi connectivity index (χ3n) is 4.58. The molecule has 1 aromatic rings. The lowest BCUT2D eigenvalue weighted by molar-refractivity contribution is -0.136. The lowest BCUT2D eigenvalue weighted by Crippen LogP contribution is -2.47. The quantitative estimate of drug-likeness (QED) is 0.788. The maximum absolute atomic E-state index is 12.1. The number of benzene rings is 1. The molecule has 132 valence electrons. The highest BCUT2D eigenvalue weighted by molar-refractivity contribution is 6.39. The number of nitrogens with one attached hydrogen (secondary N) is 2. The number of unbranched alkanes of at least 4 members (excludes halogenated alkanes) is 1. The summed E-state index contributed by atoms with van der Waals surface area (Å²) in [5.41, 5.74) is 1.86. The van der Waals surface area contributed by atoms with Crippen molar-refractivity contribution in [1.82, 2.24) is 10.2 Å². The fraction of sp³-hybridized carbons (Fsp3) is 0.579. The van der Waals surface area contributed by atoms with E-state index in [9.17, 15) is 9.59 Å². The van der Waals surface area contributed by atoms with Crippen molar-refractivity contribution in [3.8, 4) is 0 Å². The summed E-state index contributed by atoms with van der Waals surface area (Å²) < 4.78 is 0. The van der Waals surface area contributed by atoms with Gasteiger partial charge in [0.25, 0.3) is 0 Å². The molecule has 1 aromatic carbocycles. The van der Waals surface area contributed by atoms with Crippen LogP contribution in [0.15, 0.2) is 24.3 Å². The summed E-state index contributed by atoms with van der Waals surface area (Å²) in [6, 6.07) is 7.68. The van der Waals surface area contributed by atoms with Gasteiger partial charge < -0.3 is 15.5 Å². The molecule has 5 nitrogen and oxygen atoms in total. The van der Waals surface area contributed by atoms with E-state index in [0.29, 0.717) is 5.69 Å². The van der Waals surface area contributed by atoms with Crippen molar-refractivity contribution in [2.45, 2.75) is 52.0 Å². The van der Waals surface area contributed by atoms with Gasteiger partial charge in [0, 0.05) is 24.8 Å². The fourth-order valence-corrected chi connectivity index (χ4v) is 2.95. The van der Waals surface area contributed by atoms with Gasteiger partial charge in [-0.05, 0) is 49.9 Å². The molecule has 0 bridgehead atoms. The second-order valence-electron chi connectivity index (χ2n) is 6.45. The molecule has 1 aliphatic heterocycles. The molecule has 0 aliphatic carbocycles. The number of carbonyl (C=O) groups is 2. The van der Waals surface area contributed by atoms with Crippen molar-refractivity contribution in [3.05, 3.63) is 29.8 Å². The molecule has 2 N–H and O–H groups in total. The summed E-state index contributed by atoms with van der Waals surface area (Å²) in [5.74, 6) is -1.13. The molecule has 1 heterocycles. The van der Waals surface area contributed by atoms with Gasteiger partial charge in [0.05, 0.1) is 0 Å². The molecule has 5 heteroatoms. The van der Waals surface area contributed by atoms with Crippen LogP contribution in [0.4, 0.5) is 5.69 Å². The molecule has 2 amide bonds. The van der Waals surface area contributed by atoms with Gasteiger partial charge in [-0.25, -0.2) is 0 Å². The Hall–Kier alpha value is -1.88. The van der Waals surface area contributed by atoms with Crippen LogP contribution in [0.2, 0.25) is 0 Å². The van der Waals surface area contributed by atoms with Gasteiger partial charge in [-0.3, -0.25) is 9.59 Å². The Balaban J connectivity index is 1.74. The molecule has 0 unspecified atom stereocenters. The zero-order valence-corrected chi connectivity index (χ0v) is 14.8. The molecular formula is C19H29N3O2. The SMILES string of the molecule is CCCCN1CCC(NC(=O)C(=O)Nc2ccc(CC)cc2)CC1. The van der Waals surface area contributed by atoms with E-state index in [1.165, 1.54) is 18.4 Å². The van der Waals surface area contributed by atoms with Crippen molar-refractivity contribution in [1.29, 1.82) is 0 Å². The van der Waals surface area contributed by atoms with Gasteiger partial charge in [-0.2, -0.15) is 0 Å². The summed E-state index contributed by atoms with van der Waals surface area (Å²) in [5, 5.41) is 5.52. The number of nitrogens with zero attached hydrogens (tertiary/aromatic N) is 1. The van der Waals surface area contributed by atoms with Crippen LogP contribution in [0.1, 0.15) is 45.1 Å². The maximum atomic E-state index is 12.1. The van der Waals surface area contributed by atoms with Crippen LogP contribution in [0.3, 0.4) is 0 Å². The zero-order valence-electron chi connectivity index (χ0n) is 14.8. The standard InChI is InChI=1S/C19H29N3O2/c1-3-5-12-22-13-10-17(11-14-22)21-19(24)18(23)20-16-8-6-15(4-2)7-9-16/h6-9,17H,3-5,10-14H2,1-2H3,(H,20,23)(H,21,24). The minimum absolute atomic E-state index is 0.101. The predicted molar refractivity (Wildman–Crippen MR) is 97.0 cm³/mol. The molecule has 2 rings (SSSR count). The van der Waals surface area contributed by atoms with Crippen molar-refractivity contribution in [2.75, 3.05) is 25.0 Å². The van der Waals surface area contributed by atoms with Crippen molar-refractivity contribution >= 4 is 17.5 Å². The molecule has 0 radical (unpaired) electrons. The Bertz CT molecular complexity index is 534. The minimum atomic E-state index is -0.590. The summed E-state index contributed by atoms with van der Waals surface area (Å²) in [7, 11) is 0. The largest absolute Gasteiger partial charge is 0.345 e. The lowest BCUT2D eigenvalue weighted by atomic mass is 10.0. The van der Waals surface area contributed by atoms with Gasteiger partial charge in [0.15, 0.2) is 0 Å². The number of amides is 2. The van der Waals surface area contributed by atoms with Gasteiger partial charge in [0.2, 0.25) is 0 Å². The monoisotopic (exact) mass is 331 g/mol. The van der Waals surface area contributed by atoms with E-state index in [0.717, 1.165) is 38.9 Å². The highest BCUT2D eigenvalue weighted by Crippen LogP contribution is 2.12. The smallest absolute Gasteiger partial charge is 0.313 e. The average molecular weight is 331 g/mol. The van der Waals surface area contributed by atoms with Gasteiger partial charge >= 0.3 is 11.8 Å². The number of anilines is 1. The molecule has 0 atom stereocenters. The molecular weight excluding hydrogens is 302 g/mol. The van der Waals surface area contributed by atoms with Crippen LogP contribution in [-0.4, -0.2) is 42.4 Å². The number of aryl methyl sites for hydroxylation is 1. The highest BCUT2D eigenvalue weighted by Gasteiger charge is 2.23. The molecule has 1 saturated heterocycles. The Morgan fingerprint density at radius 1 is 1.08 bits per heavy atom. The summed E-state index contributed by atoms with van der Waals surface area (Å²) in [6.07, 6.45) is 5.19. The first-order valence-corrected chi connectivity index (χ1v) is 9.05. The predicted octanol–water partition coefficient (Wildman–Crippen LogP) is 2.57. The van der Waals surface area contributed by atoms with Crippen LogP contribution in [0.25, 0.3) is 0 Å². The summed E-state index contributed by atoms with van der Waals surface area (Å²) in [6.45, 7) is 7.39. The van der Waals surface area contributed by atoms with E-state index < -0.39 is 11.8 Å². The Morgan fingerprint density at radius 2 is 1.75 bits per heavy atom. The van der Waals surface area contributed by atoms with Crippen molar-refractivity contribution in [3.63, 3.8) is 0 Å². The maximum Gasteiger partial charge on any atom is 0.313 e. The van der Waals surface area contributed by atoms with Crippen LogP contribution in [0.5, 0.6) is 0 Å². The zero-order chi connectivity index (χ0) is 17.4. The van der Waals surface area contributed by atoms with E-state index in [4.69, 9.17) is 0 Å². The number of likely N-dealkylation sites (tertiary alicyclic amines) is 1. The van der Waals surface area contributed by atoms with Crippen LogP contribution >= 0.6 is 0 Å². The molecule has 1 aliphatic rings. The normalized spacial score (nSPS) is 15.9. The number of carbonyl (C=O) groups excluding carboxylic acids is 2. The van der Waals surface area contributed by atoms with E-state index in [1.807, 2.05) is 24.3 Å².